The largest absolute Gasteiger partial charge is 0.494 e. The Bertz CT molecular complexity index is 994. The van der Waals surface area contributed by atoms with Crippen molar-refractivity contribution in [3.8, 4) is 5.75 Å². The lowest BCUT2D eigenvalue weighted by Gasteiger charge is -2.06. The Morgan fingerprint density at radius 3 is 2.81 bits per heavy atom. The Morgan fingerprint density at radius 1 is 1.27 bits per heavy atom. The molecule has 136 valence electrons. The molecule has 0 aliphatic heterocycles. The number of halogens is 1. The second-order valence-electron chi connectivity index (χ2n) is 5.49. The van der Waals surface area contributed by atoms with Crippen molar-refractivity contribution < 1.29 is 14.3 Å². The van der Waals surface area contributed by atoms with Crippen molar-refractivity contribution in [1.29, 1.82) is 0 Å². The quantitative estimate of drug-likeness (QED) is 0.498. The van der Waals surface area contributed by atoms with Crippen LogP contribution in [0.15, 0.2) is 47.5 Å². The van der Waals surface area contributed by atoms with E-state index in [0.717, 1.165) is 19.5 Å². The molecule has 0 spiro atoms. The van der Waals surface area contributed by atoms with Gasteiger partial charge in [0.15, 0.2) is 4.80 Å². The van der Waals surface area contributed by atoms with Gasteiger partial charge in [0.2, 0.25) is 0 Å². The van der Waals surface area contributed by atoms with Gasteiger partial charge in [-0.2, -0.15) is 4.99 Å². The van der Waals surface area contributed by atoms with Gasteiger partial charge in [-0.3, -0.25) is 4.79 Å². The molecule has 3 rings (SSSR count). The molecule has 0 fully saturated rings. The van der Waals surface area contributed by atoms with Crippen LogP contribution in [0.25, 0.3) is 10.2 Å². The van der Waals surface area contributed by atoms with Gasteiger partial charge >= 0.3 is 0 Å². The summed E-state index contributed by atoms with van der Waals surface area (Å²) in [6.45, 7) is 3.74. The number of amides is 1. The molecule has 5 nitrogen and oxygen atoms in total. The first-order valence-corrected chi connectivity index (χ1v) is 10.1. The molecule has 0 saturated carbocycles. The Hall–Kier alpha value is -1.71. The number of ether oxygens (including phenoxy) is 2. The van der Waals surface area contributed by atoms with Gasteiger partial charge in [-0.15, -0.1) is 0 Å². The fourth-order valence-corrected chi connectivity index (χ4v) is 4.28. The van der Waals surface area contributed by atoms with Gasteiger partial charge in [0, 0.05) is 17.2 Å². The van der Waals surface area contributed by atoms with E-state index in [1.54, 1.807) is 13.2 Å². The van der Waals surface area contributed by atoms with Gasteiger partial charge in [0.1, 0.15) is 5.75 Å². The molecule has 26 heavy (non-hydrogen) atoms. The highest BCUT2D eigenvalue weighted by Crippen LogP contribution is 2.23. The van der Waals surface area contributed by atoms with E-state index in [4.69, 9.17) is 9.47 Å². The Labute approximate surface area is 169 Å². The van der Waals surface area contributed by atoms with Gasteiger partial charge in [-0.25, -0.2) is 0 Å². The summed E-state index contributed by atoms with van der Waals surface area (Å²) in [5.41, 5.74) is 1.63. The molecule has 0 unspecified atom stereocenters. The maximum Gasteiger partial charge on any atom is 0.280 e. The first-order valence-electron chi connectivity index (χ1n) is 8.22. The number of hydrogen-bond acceptors (Lipinski definition) is 4. The minimum Gasteiger partial charge on any atom is -0.494 e. The third-order valence-electron chi connectivity index (χ3n) is 3.79. The van der Waals surface area contributed by atoms with Gasteiger partial charge in [0.05, 0.1) is 29.0 Å². The van der Waals surface area contributed by atoms with Crippen LogP contribution in [0.1, 0.15) is 17.3 Å². The van der Waals surface area contributed by atoms with E-state index in [9.17, 15) is 4.79 Å². The molecular formula is C19H19IN2O3S. The highest BCUT2D eigenvalue weighted by Gasteiger charge is 2.12. The van der Waals surface area contributed by atoms with E-state index in [0.29, 0.717) is 30.1 Å². The minimum absolute atomic E-state index is 0.238. The molecule has 0 aliphatic carbocycles. The number of hydrogen-bond donors (Lipinski definition) is 0. The molecule has 0 atom stereocenters. The van der Waals surface area contributed by atoms with E-state index >= 15 is 0 Å². The Balaban J connectivity index is 2.10. The number of carbonyl (C=O) groups excluding carboxylic acids is 1. The normalized spacial score (nSPS) is 11.9. The van der Waals surface area contributed by atoms with Crippen LogP contribution in [0.4, 0.5) is 0 Å². The van der Waals surface area contributed by atoms with Crippen molar-refractivity contribution in [3.05, 3.63) is 56.4 Å². The zero-order chi connectivity index (χ0) is 18.5. The lowest BCUT2D eigenvalue weighted by Crippen LogP contribution is -2.19. The molecule has 1 aromatic heterocycles. The van der Waals surface area contributed by atoms with Crippen molar-refractivity contribution in [2.45, 2.75) is 13.5 Å². The topological polar surface area (TPSA) is 52.8 Å². The Morgan fingerprint density at radius 2 is 2.08 bits per heavy atom. The summed E-state index contributed by atoms with van der Waals surface area (Å²) in [5, 5.41) is 0. The van der Waals surface area contributed by atoms with Crippen molar-refractivity contribution in [2.75, 3.05) is 20.3 Å². The molecular weight excluding hydrogens is 463 g/mol. The first-order chi connectivity index (χ1) is 12.6. The molecule has 0 aliphatic rings. The predicted octanol–water partition coefficient (Wildman–Crippen LogP) is 4.09. The number of methoxy groups -OCH3 is 1. The number of fused-ring (bicyclic) bond motifs is 1. The van der Waals surface area contributed by atoms with Crippen LogP contribution in [0.5, 0.6) is 5.75 Å². The van der Waals surface area contributed by atoms with Crippen LogP contribution < -0.4 is 9.54 Å². The standard InChI is InChI=1S/C19H19IN2O3S/c1-3-25-13-8-9-16-17(12-13)26-19(22(16)10-11-24-2)21-18(23)14-6-4-5-7-15(14)20/h4-9,12H,3,10-11H2,1-2H3. The second kappa shape index (κ2) is 8.79. The first kappa shape index (κ1) is 19.1. The van der Waals surface area contributed by atoms with Gasteiger partial charge in [-0.1, -0.05) is 23.5 Å². The van der Waals surface area contributed by atoms with Crippen molar-refractivity contribution >= 4 is 50.1 Å². The molecule has 2 aromatic carbocycles. The minimum atomic E-state index is -0.238. The molecule has 1 heterocycles. The molecule has 0 radical (unpaired) electrons. The third-order valence-corrected chi connectivity index (χ3v) is 5.77. The van der Waals surface area contributed by atoms with Crippen LogP contribution in [-0.4, -0.2) is 30.8 Å². The van der Waals surface area contributed by atoms with Gasteiger partial charge < -0.3 is 14.0 Å². The van der Waals surface area contributed by atoms with E-state index in [-0.39, 0.29) is 5.91 Å². The Kier molecular flexibility index (Phi) is 6.44. The zero-order valence-corrected chi connectivity index (χ0v) is 17.5. The molecule has 7 heteroatoms. The van der Waals surface area contributed by atoms with Crippen molar-refractivity contribution in [1.82, 2.24) is 4.57 Å². The van der Waals surface area contributed by atoms with E-state index < -0.39 is 0 Å². The van der Waals surface area contributed by atoms with Crippen LogP contribution in [0.2, 0.25) is 0 Å². The number of carbonyl (C=O) groups is 1. The smallest absolute Gasteiger partial charge is 0.280 e. The fraction of sp³-hybridized carbons (Fsp3) is 0.263. The van der Waals surface area contributed by atoms with Gasteiger partial charge in [0.25, 0.3) is 5.91 Å². The fourth-order valence-electron chi connectivity index (χ4n) is 2.58. The molecule has 0 saturated heterocycles. The van der Waals surface area contributed by atoms with Crippen LogP contribution in [-0.2, 0) is 11.3 Å². The highest BCUT2D eigenvalue weighted by atomic mass is 127. The van der Waals surface area contributed by atoms with Crippen LogP contribution >= 0.6 is 33.9 Å². The number of aromatic nitrogens is 1. The van der Waals surface area contributed by atoms with Crippen LogP contribution in [0, 0.1) is 3.57 Å². The summed E-state index contributed by atoms with van der Waals surface area (Å²) in [4.78, 5) is 17.7. The molecule has 0 N–H and O–H groups in total. The third kappa shape index (κ3) is 4.16. The van der Waals surface area contributed by atoms with Crippen molar-refractivity contribution in [2.24, 2.45) is 4.99 Å². The van der Waals surface area contributed by atoms with E-state index in [1.165, 1.54) is 11.3 Å². The molecule has 1 amide bonds. The lowest BCUT2D eigenvalue weighted by molar-refractivity contribution is 0.0996. The maximum absolute atomic E-state index is 12.7. The average Bonchev–Trinajstić information content (AvgIpc) is 2.96. The zero-order valence-electron chi connectivity index (χ0n) is 14.6. The summed E-state index contributed by atoms with van der Waals surface area (Å²) in [5.74, 6) is 0.577. The highest BCUT2D eigenvalue weighted by molar-refractivity contribution is 14.1. The lowest BCUT2D eigenvalue weighted by atomic mass is 10.2. The number of nitrogens with zero attached hydrogens (tertiary/aromatic N) is 2. The van der Waals surface area contributed by atoms with Gasteiger partial charge in [-0.05, 0) is 59.8 Å². The monoisotopic (exact) mass is 482 g/mol. The summed E-state index contributed by atoms with van der Waals surface area (Å²) in [6, 6.07) is 13.4. The predicted molar refractivity (Wildman–Crippen MR) is 112 cm³/mol. The summed E-state index contributed by atoms with van der Waals surface area (Å²) in [6.07, 6.45) is 0. The number of thiazole rings is 1. The summed E-state index contributed by atoms with van der Waals surface area (Å²) < 4.78 is 14.7. The molecule has 3 aromatic rings. The summed E-state index contributed by atoms with van der Waals surface area (Å²) >= 11 is 3.64. The summed E-state index contributed by atoms with van der Waals surface area (Å²) in [7, 11) is 1.66. The van der Waals surface area contributed by atoms with E-state index in [2.05, 4.69) is 27.6 Å². The molecule has 0 bridgehead atoms. The van der Waals surface area contributed by atoms with E-state index in [1.807, 2.05) is 47.9 Å². The average molecular weight is 482 g/mol. The number of benzene rings is 2. The maximum atomic E-state index is 12.7. The second-order valence-corrected chi connectivity index (χ2v) is 7.66. The number of rotatable bonds is 6. The van der Waals surface area contributed by atoms with Crippen LogP contribution in [0.3, 0.4) is 0 Å². The SMILES string of the molecule is CCOc1ccc2c(c1)sc(=NC(=O)c1ccccc1I)n2CCOC. The van der Waals surface area contributed by atoms with Crippen molar-refractivity contribution in [3.63, 3.8) is 0 Å².